The van der Waals surface area contributed by atoms with Gasteiger partial charge in [0, 0.05) is 28.5 Å². The van der Waals surface area contributed by atoms with Crippen LogP contribution < -0.4 is 9.64 Å². The summed E-state index contributed by atoms with van der Waals surface area (Å²) in [7, 11) is 1.19. The number of benzene rings is 2. The minimum absolute atomic E-state index is 0.000724. The molecule has 2 aromatic carbocycles. The molecule has 0 atom stereocenters. The van der Waals surface area contributed by atoms with E-state index in [4.69, 9.17) is 9.47 Å². The van der Waals surface area contributed by atoms with Gasteiger partial charge < -0.3 is 14.0 Å². The first-order chi connectivity index (χ1) is 18.0. The Morgan fingerprint density at radius 3 is 2.29 bits per heavy atom. The van der Waals surface area contributed by atoms with E-state index in [0.29, 0.717) is 12.2 Å². The number of nitrogens with zero attached hydrogens (tertiary/aromatic N) is 2. The number of hydrogen-bond donors (Lipinski definition) is 0. The van der Waals surface area contributed by atoms with Crippen LogP contribution in [0.25, 0.3) is 11.8 Å². The Morgan fingerprint density at radius 1 is 1.00 bits per heavy atom. The molecule has 6 nitrogen and oxygen atoms in total. The van der Waals surface area contributed by atoms with Crippen molar-refractivity contribution in [3.05, 3.63) is 94.0 Å². The average Bonchev–Trinajstić information content (AvgIpc) is 3.29. The van der Waals surface area contributed by atoms with E-state index in [1.54, 1.807) is 6.08 Å². The molecule has 0 spiro atoms. The molecule has 0 saturated heterocycles. The maximum Gasteiger partial charge on any atom is 0.416 e. The van der Waals surface area contributed by atoms with Gasteiger partial charge in [-0.3, -0.25) is 9.69 Å². The normalized spacial score (nSPS) is 15.0. The van der Waals surface area contributed by atoms with Crippen LogP contribution >= 0.6 is 0 Å². The van der Waals surface area contributed by atoms with Gasteiger partial charge in [-0.05, 0) is 87.9 Å². The highest BCUT2D eigenvalue weighted by Crippen LogP contribution is 2.38. The zero-order valence-corrected chi connectivity index (χ0v) is 21.6. The highest BCUT2D eigenvalue weighted by atomic mass is 19.4. The predicted octanol–water partition coefficient (Wildman–Crippen LogP) is 6.39. The van der Waals surface area contributed by atoms with E-state index in [9.17, 15) is 22.8 Å². The van der Waals surface area contributed by atoms with Crippen molar-refractivity contribution in [3.63, 3.8) is 0 Å². The summed E-state index contributed by atoms with van der Waals surface area (Å²) < 4.78 is 52.5. The molecule has 4 rings (SSSR count). The first-order valence-corrected chi connectivity index (χ1v) is 11.9. The number of alkyl halides is 3. The van der Waals surface area contributed by atoms with Gasteiger partial charge in [0.25, 0.3) is 5.91 Å². The lowest BCUT2D eigenvalue weighted by atomic mass is 10.0. The van der Waals surface area contributed by atoms with Gasteiger partial charge in [0.15, 0.2) is 0 Å². The highest BCUT2D eigenvalue weighted by molar-refractivity contribution is 6.23. The number of carbonyl (C=O) groups is 2. The molecule has 0 fully saturated rings. The van der Waals surface area contributed by atoms with Gasteiger partial charge in [-0.1, -0.05) is 6.07 Å². The van der Waals surface area contributed by atoms with Crippen molar-refractivity contribution in [1.29, 1.82) is 0 Å². The Morgan fingerprint density at radius 2 is 1.68 bits per heavy atom. The third kappa shape index (κ3) is 4.83. The number of amides is 1. The van der Waals surface area contributed by atoms with Crippen LogP contribution in [0.5, 0.6) is 5.75 Å². The Balaban J connectivity index is 1.80. The maximum absolute atomic E-state index is 13.6. The minimum Gasteiger partial charge on any atom is -0.494 e. The van der Waals surface area contributed by atoms with Crippen LogP contribution in [-0.2, 0) is 20.5 Å². The Kier molecular flexibility index (Phi) is 7.22. The van der Waals surface area contributed by atoms with Crippen molar-refractivity contribution >= 4 is 23.6 Å². The average molecular weight is 525 g/mol. The minimum atomic E-state index is -4.58. The van der Waals surface area contributed by atoms with Gasteiger partial charge in [0.05, 0.1) is 30.4 Å². The molecule has 1 aliphatic rings. The third-order valence-electron chi connectivity index (χ3n) is 6.40. The van der Waals surface area contributed by atoms with Crippen LogP contribution in [0.3, 0.4) is 0 Å². The second-order valence-corrected chi connectivity index (χ2v) is 8.79. The van der Waals surface area contributed by atoms with Gasteiger partial charge in [0.1, 0.15) is 5.75 Å². The fourth-order valence-corrected chi connectivity index (χ4v) is 4.66. The summed E-state index contributed by atoms with van der Waals surface area (Å²) in [6, 6.07) is 13.9. The topological polar surface area (TPSA) is 60.8 Å². The van der Waals surface area contributed by atoms with Gasteiger partial charge in [-0.2, -0.15) is 13.2 Å². The number of rotatable bonds is 6. The van der Waals surface area contributed by atoms with E-state index in [2.05, 4.69) is 0 Å². The quantitative estimate of drug-likeness (QED) is 0.277. The predicted molar refractivity (Wildman–Crippen MR) is 138 cm³/mol. The molecule has 0 radical (unpaired) electrons. The molecule has 0 N–H and O–H groups in total. The Bertz CT molecular complexity index is 1460. The summed E-state index contributed by atoms with van der Waals surface area (Å²) in [6.07, 6.45) is -3.00. The van der Waals surface area contributed by atoms with E-state index in [-0.39, 0.29) is 22.5 Å². The second kappa shape index (κ2) is 10.2. The number of carbonyl (C=O) groups excluding carboxylic acids is 2. The van der Waals surface area contributed by atoms with E-state index in [1.807, 2.05) is 55.7 Å². The molecule has 1 amide bonds. The molecule has 0 bridgehead atoms. The summed E-state index contributed by atoms with van der Waals surface area (Å²) >= 11 is 0. The van der Waals surface area contributed by atoms with Gasteiger partial charge >= 0.3 is 12.1 Å². The van der Waals surface area contributed by atoms with Crippen LogP contribution in [0.1, 0.15) is 36.4 Å². The number of hydrogen-bond acceptors (Lipinski definition) is 4. The van der Waals surface area contributed by atoms with Gasteiger partial charge in [-0.25, -0.2) is 4.79 Å². The van der Waals surface area contributed by atoms with Crippen LogP contribution in [0.15, 0.2) is 71.4 Å². The van der Waals surface area contributed by atoms with Crippen LogP contribution in [0.4, 0.5) is 18.9 Å². The molecule has 38 heavy (non-hydrogen) atoms. The molecular weight excluding hydrogens is 497 g/mol. The largest absolute Gasteiger partial charge is 0.494 e. The molecule has 3 aromatic rings. The molecule has 0 saturated carbocycles. The molecule has 198 valence electrons. The van der Waals surface area contributed by atoms with Crippen molar-refractivity contribution in [2.24, 2.45) is 0 Å². The zero-order chi connectivity index (χ0) is 27.8. The zero-order valence-electron chi connectivity index (χ0n) is 21.6. The van der Waals surface area contributed by atoms with E-state index < -0.39 is 23.6 Å². The number of esters is 1. The van der Waals surface area contributed by atoms with E-state index >= 15 is 0 Å². The van der Waals surface area contributed by atoms with Crippen molar-refractivity contribution in [3.8, 4) is 11.4 Å². The lowest BCUT2D eigenvalue weighted by Gasteiger charge is -2.19. The molecule has 1 aliphatic heterocycles. The monoisotopic (exact) mass is 524 g/mol. The molecular formula is C29H27F3N2O4. The second-order valence-electron chi connectivity index (χ2n) is 8.79. The fourth-order valence-electron chi connectivity index (χ4n) is 4.66. The van der Waals surface area contributed by atoms with Crippen molar-refractivity contribution in [1.82, 2.24) is 4.57 Å². The summed E-state index contributed by atoms with van der Waals surface area (Å²) in [5, 5.41) is 0. The Labute approximate surface area is 218 Å². The number of halogens is 3. The molecule has 9 heteroatoms. The SMILES string of the molecule is CCOc1ccc(-n2c(C)cc(/C=C3\C(=O)N(c4cccc(C(F)(F)F)c4)C(C)=C3C(=O)OC)c2C)cc1. The number of aryl methyl sites for hydroxylation is 1. The number of allylic oxidation sites excluding steroid dienone is 1. The summed E-state index contributed by atoms with van der Waals surface area (Å²) in [4.78, 5) is 27.4. The molecule has 2 heterocycles. The summed E-state index contributed by atoms with van der Waals surface area (Å²) in [5.41, 5.74) is 2.60. The first kappa shape index (κ1) is 26.8. The maximum atomic E-state index is 13.6. The van der Waals surface area contributed by atoms with E-state index in [1.165, 1.54) is 26.2 Å². The van der Waals surface area contributed by atoms with Crippen molar-refractivity contribution in [2.45, 2.75) is 33.9 Å². The first-order valence-electron chi connectivity index (χ1n) is 11.9. The lowest BCUT2D eigenvalue weighted by Crippen LogP contribution is -2.25. The standard InChI is InChI=1S/C29H27F3N2O4/c1-6-38-24-12-10-22(11-13-24)33-17(2)14-20(18(33)3)15-25-26(28(36)37-5)19(4)34(27(25)35)23-9-7-8-21(16-23)29(30,31)32/h7-16H,6H2,1-5H3/b25-15-. The molecule has 1 aromatic heterocycles. The Hall–Kier alpha value is -4.27. The number of aromatic nitrogens is 1. The number of anilines is 1. The molecule has 0 aliphatic carbocycles. The van der Waals surface area contributed by atoms with Gasteiger partial charge in [-0.15, -0.1) is 0 Å². The molecule has 0 unspecified atom stereocenters. The smallest absolute Gasteiger partial charge is 0.416 e. The third-order valence-corrected chi connectivity index (χ3v) is 6.40. The van der Waals surface area contributed by atoms with Crippen LogP contribution in [0, 0.1) is 13.8 Å². The fraction of sp³-hybridized carbons (Fsp3) is 0.241. The van der Waals surface area contributed by atoms with Crippen molar-refractivity contribution < 1.29 is 32.2 Å². The number of methoxy groups -OCH3 is 1. The van der Waals surface area contributed by atoms with Crippen LogP contribution in [0.2, 0.25) is 0 Å². The summed E-state index contributed by atoms with van der Waals surface area (Å²) in [6.45, 7) is 7.77. The lowest BCUT2D eigenvalue weighted by molar-refractivity contribution is -0.137. The summed E-state index contributed by atoms with van der Waals surface area (Å²) in [5.74, 6) is -0.624. The van der Waals surface area contributed by atoms with Crippen molar-refractivity contribution in [2.75, 3.05) is 18.6 Å². The van der Waals surface area contributed by atoms with Crippen LogP contribution in [-0.4, -0.2) is 30.2 Å². The highest BCUT2D eigenvalue weighted by Gasteiger charge is 2.39. The number of ether oxygens (including phenoxy) is 2. The van der Waals surface area contributed by atoms with Gasteiger partial charge in [0.2, 0.25) is 0 Å². The van der Waals surface area contributed by atoms with E-state index in [0.717, 1.165) is 39.9 Å².